The van der Waals surface area contributed by atoms with Crippen molar-refractivity contribution in [1.82, 2.24) is 0 Å². The summed E-state index contributed by atoms with van der Waals surface area (Å²) in [6, 6.07) is 0. The Bertz CT molecular complexity index is 123. The van der Waals surface area contributed by atoms with Crippen LogP contribution in [-0.2, 0) is 0 Å². The van der Waals surface area contributed by atoms with Gasteiger partial charge in [0.25, 0.3) is 0 Å². The van der Waals surface area contributed by atoms with Crippen molar-refractivity contribution in [2.45, 2.75) is 34.1 Å². The highest BCUT2D eigenvalue weighted by Gasteiger charge is 2.15. The van der Waals surface area contributed by atoms with Crippen molar-refractivity contribution < 1.29 is 5.11 Å². The molecule has 0 aromatic rings. The largest absolute Gasteiger partial charge is 0.392 e. The summed E-state index contributed by atoms with van der Waals surface area (Å²) in [6.07, 6.45) is 3.00. The number of allylic oxidation sites excluding steroid dienone is 1. The summed E-state index contributed by atoms with van der Waals surface area (Å²) < 4.78 is 0. The average molecular weight is 142 g/mol. The second-order valence-electron chi connectivity index (χ2n) is 3.31. The molecule has 0 atom stereocenters. The Labute approximate surface area is 63.8 Å². The van der Waals surface area contributed by atoms with E-state index in [9.17, 15) is 0 Å². The lowest BCUT2D eigenvalue weighted by atomic mass is 9.82. The molecule has 1 heteroatoms. The molecule has 10 heavy (non-hydrogen) atoms. The minimum absolute atomic E-state index is 0.162. The van der Waals surface area contributed by atoms with Gasteiger partial charge < -0.3 is 5.11 Å². The van der Waals surface area contributed by atoms with Crippen LogP contribution < -0.4 is 0 Å². The molecule has 0 aliphatic carbocycles. The summed E-state index contributed by atoms with van der Waals surface area (Å²) in [7, 11) is 0. The Morgan fingerprint density at radius 3 is 2.30 bits per heavy atom. The molecule has 0 aromatic carbocycles. The highest BCUT2D eigenvalue weighted by molar-refractivity contribution is 5.08. The molecule has 0 fully saturated rings. The molecule has 0 saturated carbocycles. The van der Waals surface area contributed by atoms with Gasteiger partial charge in [0.2, 0.25) is 0 Å². The third kappa shape index (κ3) is 2.53. The minimum Gasteiger partial charge on any atom is -0.392 e. The Morgan fingerprint density at radius 2 is 2.00 bits per heavy atom. The molecule has 0 amide bonds. The molecule has 1 N–H and O–H groups in total. The Hall–Kier alpha value is -0.300. The molecule has 0 aliphatic rings. The summed E-state index contributed by atoms with van der Waals surface area (Å²) in [5, 5.41) is 8.62. The fourth-order valence-corrected chi connectivity index (χ4v) is 0.692. The van der Waals surface area contributed by atoms with Gasteiger partial charge in [-0.15, -0.1) is 0 Å². The van der Waals surface area contributed by atoms with Crippen LogP contribution in [0.1, 0.15) is 34.1 Å². The molecule has 0 unspecified atom stereocenters. The molecular formula is C9H18O. The van der Waals surface area contributed by atoms with Gasteiger partial charge in [-0.25, -0.2) is 0 Å². The van der Waals surface area contributed by atoms with E-state index >= 15 is 0 Å². The summed E-state index contributed by atoms with van der Waals surface area (Å²) in [5.41, 5.74) is 1.53. The predicted octanol–water partition coefficient (Wildman–Crippen LogP) is 2.36. The van der Waals surface area contributed by atoms with Crippen LogP contribution in [0.25, 0.3) is 0 Å². The highest BCUT2D eigenvalue weighted by Crippen LogP contribution is 2.28. The van der Waals surface area contributed by atoms with Gasteiger partial charge in [0.15, 0.2) is 0 Å². The smallest absolute Gasteiger partial charge is 0.0615 e. The number of hydrogen-bond acceptors (Lipinski definition) is 1. The zero-order chi connectivity index (χ0) is 8.20. The molecule has 0 aromatic heterocycles. The van der Waals surface area contributed by atoms with Crippen molar-refractivity contribution >= 4 is 0 Å². The van der Waals surface area contributed by atoms with Crippen molar-refractivity contribution in [3.8, 4) is 0 Å². The van der Waals surface area contributed by atoms with Crippen LogP contribution in [-0.4, -0.2) is 11.7 Å². The lowest BCUT2D eigenvalue weighted by Gasteiger charge is -2.23. The molecule has 0 saturated heterocycles. The molecule has 0 aliphatic heterocycles. The van der Waals surface area contributed by atoms with Crippen LogP contribution >= 0.6 is 0 Å². The van der Waals surface area contributed by atoms with Crippen molar-refractivity contribution in [2.75, 3.05) is 6.61 Å². The van der Waals surface area contributed by atoms with E-state index < -0.39 is 0 Å². The maximum absolute atomic E-state index is 8.62. The van der Waals surface area contributed by atoms with Crippen LogP contribution in [0.15, 0.2) is 11.6 Å². The summed E-state index contributed by atoms with van der Waals surface area (Å²) in [6.45, 7) is 8.77. The van der Waals surface area contributed by atoms with E-state index in [4.69, 9.17) is 5.11 Å². The lowest BCUT2D eigenvalue weighted by molar-refractivity contribution is 0.335. The van der Waals surface area contributed by atoms with Crippen LogP contribution in [0, 0.1) is 5.41 Å². The Morgan fingerprint density at radius 1 is 1.50 bits per heavy atom. The van der Waals surface area contributed by atoms with E-state index in [0.717, 1.165) is 6.42 Å². The second-order valence-corrected chi connectivity index (χ2v) is 3.31. The maximum Gasteiger partial charge on any atom is 0.0615 e. The number of aliphatic hydroxyl groups is 1. The first-order chi connectivity index (χ1) is 4.54. The zero-order valence-corrected chi connectivity index (χ0v) is 7.44. The van der Waals surface area contributed by atoms with Gasteiger partial charge in [-0.1, -0.05) is 32.4 Å². The molecule has 60 valence electrons. The van der Waals surface area contributed by atoms with E-state index in [1.165, 1.54) is 5.57 Å². The fraction of sp³-hybridized carbons (Fsp3) is 0.778. The van der Waals surface area contributed by atoms with E-state index in [2.05, 4.69) is 27.7 Å². The first-order valence-electron chi connectivity index (χ1n) is 3.82. The van der Waals surface area contributed by atoms with Gasteiger partial charge in [0.1, 0.15) is 0 Å². The van der Waals surface area contributed by atoms with Crippen molar-refractivity contribution in [3.05, 3.63) is 11.6 Å². The maximum atomic E-state index is 8.62. The minimum atomic E-state index is 0.162. The quantitative estimate of drug-likeness (QED) is 0.600. The number of hydrogen-bond donors (Lipinski definition) is 1. The molecule has 0 radical (unpaired) electrons. The van der Waals surface area contributed by atoms with Crippen LogP contribution in [0.3, 0.4) is 0 Å². The van der Waals surface area contributed by atoms with E-state index in [0.29, 0.717) is 0 Å². The van der Waals surface area contributed by atoms with Crippen LogP contribution in [0.4, 0.5) is 0 Å². The lowest BCUT2D eigenvalue weighted by Crippen LogP contribution is -2.11. The number of rotatable bonds is 3. The van der Waals surface area contributed by atoms with Gasteiger partial charge in [0, 0.05) is 0 Å². The first-order valence-corrected chi connectivity index (χ1v) is 3.82. The second kappa shape index (κ2) is 3.77. The van der Waals surface area contributed by atoms with Gasteiger partial charge in [-0.05, 0) is 18.8 Å². The van der Waals surface area contributed by atoms with Gasteiger partial charge >= 0.3 is 0 Å². The first kappa shape index (κ1) is 9.70. The third-order valence-corrected chi connectivity index (χ3v) is 2.35. The van der Waals surface area contributed by atoms with Gasteiger partial charge in [0.05, 0.1) is 6.61 Å². The van der Waals surface area contributed by atoms with E-state index in [-0.39, 0.29) is 12.0 Å². The Kier molecular flexibility index (Phi) is 3.66. The summed E-state index contributed by atoms with van der Waals surface area (Å²) >= 11 is 0. The molecule has 0 bridgehead atoms. The summed E-state index contributed by atoms with van der Waals surface area (Å²) in [5.74, 6) is 0. The average Bonchev–Trinajstić information content (AvgIpc) is 1.89. The van der Waals surface area contributed by atoms with Crippen molar-refractivity contribution in [1.29, 1.82) is 0 Å². The van der Waals surface area contributed by atoms with Gasteiger partial charge in [-0.2, -0.15) is 0 Å². The molecular weight excluding hydrogens is 124 g/mol. The molecule has 0 heterocycles. The molecule has 0 spiro atoms. The zero-order valence-electron chi connectivity index (χ0n) is 7.44. The van der Waals surface area contributed by atoms with Crippen molar-refractivity contribution in [2.24, 2.45) is 5.41 Å². The third-order valence-electron chi connectivity index (χ3n) is 2.35. The fourth-order valence-electron chi connectivity index (χ4n) is 0.692. The van der Waals surface area contributed by atoms with Crippen LogP contribution in [0.5, 0.6) is 0 Å². The monoisotopic (exact) mass is 142 g/mol. The highest BCUT2D eigenvalue weighted by atomic mass is 16.2. The van der Waals surface area contributed by atoms with Crippen molar-refractivity contribution in [3.63, 3.8) is 0 Å². The topological polar surface area (TPSA) is 20.2 Å². The molecule has 1 nitrogen and oxygen atoms in total. The van der Waals surface area contributed by atoms with E-state index in [1.807, 2.05) is 6.08 Å². The summed E-state index contributed by atoms with van der Waals surface area (Å²) in [4.78, 5) is 0. The molecule has 0 rings (SSSR count). The van der Waals surface area contributed by atoms with E-state index in [1.54, 1.807) is 0 Å². The van der Waals surface area contributed by atoms with Gasteiger partial charge in [-0.3, -0.25) is 0 Å². The number of aliphatic hydroxyl groups excluding tert-OH is 1. The van der Waals surface area contributed by atoms with Crippen LogP contribution in [0.2, 0.25) is 0 Å². The SMILES string of the molecule is CCC(C)(C)C(C)=CCO. The Balaban J connectivity index is 4.17. The predicted molar refractivity (Wildman–Crippen MR) is 44.9 cm³/mol. The standard InChI is InChI=1S/C9H18O/c1-5-9(3,4)8(2)6-7-10/h6,10H,5,7H2,1-4H3. The normalized spacial score (nSPS) is 13.9.